The van der Waals surface area contributed by atoms with Crippen molar-refractivity contribution in [3.05, 3.63) is 17.5 Å². The second kappa shape index (κ2) is 4.01. The average Bonchev–Trinajstić information content (AvgIpc) is 3.13. The molecule has 1 aromatic rings. The lowest BCUT2D eigenvalue weighted by atomic mass is 9.95. The number of nitrogens with zero attached hydrogens (tertiary/aromatic N) is 2. The molecule has 0 amide bonds. The van der Waals surface area contributed by atoms with Crippen molar-refractivity contribution < 1.29 is 4.74 Å². The van der Waals surface area contributed by atoms with Gasteiger partial charge in [0.1, 0.15) is 0 Å². The van der Waals surface area contributed by atoms with Gasteiger partial charge in [-0.3, -0.25) is 0 Å². The Bertz CT molecular complexity index is 384. The van der Waals surface area contributed by atoms with Crippen LogP contribution < -0.4 is 5.73 Å². The van der Waals surface area contributed by atoms with Gasteiger partial charge in [-0.2, -0.15) is 0 Å². The molecule has 1 saturated heterocycles. The predicted octanol–water partition coefficient (Wildman–Crippen LogP) is 1.83. The van der Waals surface area contributed by atoms with Crippen molar-refractivity contribution in [3.8, 4) is 0 Å². The van der Waals surface area contributed by atoms with E-state index in [4.69, 9.17) is 10.5 Å². The third-order valence-electron chi connectivity index (χ3n) is 3.42. The third kappa shape index (κ3) is 2.02. The van der Waals surface area contributed by atoms with E-state index in [2.05, 4.69) is 16.0 Å². The number of hydrogen-bond acceptors (Lipinski definition) is 4. The smallest absolute Gasteiger partial charge is 0.220 e. The van der Waals surface area contributed by atoms with Crippen molar-refractivity contribution >= 4 is 5.95 Å². The van der Waals surface area contributed by atoms with Gasteiger partial charge in [0.2, 0.25) is 5.95 Å². The van der Waals surface area contributed by atoms with Crippen LogP contribution in [-0.2, 0) is 4.74 Å². The summed E-state index contributed by atoms with van der Waals surface area (Å²) >= 11 is 0. The van der Waals surface area contributed by atoms with Crippen LogP contribution in [0.2, 0.25) is 0 Å². The van der Waals surface area contributed by atoms with Gasteiger partial charge in [-0.05, 0) is 31.7 Å². The zero-order chi connectivity index (χ0) is 11.0. The first-order valence-corrected chi connectivity index (χ1v) is 6.05. The summed E-state index contributed by atoms with van der Waals surface area (Å²) in [6.45, 7) is 1.68. The Kier molecular flexibility index (Phi) is 2.52. The molecule has 1 aliphatic carbocycles. The Labute approximate surface area is 95.2 Å². The van der Waals surface area contributed by atoms with E-state index in [0.717, 1.165) is 37.4 Å². The summed E-state index contributed by atoms with van der Waals surface area (Å²) in [4.78, 5) is 8.70. The minimum absolute atomic E-state index is 0.436. The molecular weight excluding hydrogens is 202 g/mol. The first kappa shape index (κ1) is 10.0. The fourth-order valence-corrected chi connectivity index (χ4v) is 2.30. The summed E-state index contributed by atoms with van der Waals surface area (Å²) in [7, 11) is 0. The van der Waals surface area contributed by atoms with Crippen molar-refractivity contribution in [2.24, 2.45) is 0 Å². The topological polar surface area (TPSA) is 61.0 Å². The third-order valence-corrected chi connectivity index (χ3v) is 3.42. The first-order valence-electron chi connectivity index (χ1n) is 6.05. The van der Waals surface area contributed by atoms with Gasteiger partial charge in [-0.15, -0.1) is 0 Å². The Morgan fingerprint density at radius 3 is 2.12 bits per heavy atom. The maximum Gasteiger partial charge on any atom is 0.220 e. The highest BCUT2D eigenvalue weighted by molar-refractivity contribution is 5.28. The molecule has 0 unspecified atom stereocenters. The quantitative estimate of drug-likeness (QED) is 0.824. The van der Waals surface area contributed by atoms with Crippen molar-refractivity contribution in [2.75, 3.05) is 18.9 Å². The molecule has 2 aliphatic rings. The second-order valence-electron chi connectivity index (χ2n) is 4.74. The highest BCUT2D eigenvalue weighted by Crippen LogP contribution is 2.40. The van der Waals surface area contributed by atoms with Crippen LogP contribution in [0, 0.1) is 0 Å². The minimum atomic E-state index is 0.436. The summed E-state index contributed by atoms with van der Waals surface area (Å²) < 4.78 is 5.37. The van der Waals surface area contributed by atoms with E-state index < -0.39 is 0 Å². The van der Waals surface area contributed by atoms with E-state index in [9.17, 15) is 0 Å². The minimum Gasteiger partial charge on any atom is -0.381 e. The zero-order valence-electron chi connectivity index (χ0n) is 9.35. The van der Waals surface area contributed by atoms with Crippen molar-refractivity contribution in [1.29, 1.82) is 0 Å². The molecule has 0 atom stereocenters. The van der Waals surface area contributed by atoms with Gasteiger partial charge in [0, 0.05) is 36.4 Å². The van der Waals surface area contributed by atoms with Crippen LogP contribution in [0.5, 0.6) is 0 Å². The van der Waals surface area contributed by atoms with Gasteiger partial charge in [0.15, 0.2) is 0 Å². The Balaban J connectivity index is 1.86. The predicted molar refractivity (Wildman–Crippen MR) is 61.2 cm³/mol. The molecule has 1 aromatic heterocycles. The largest absolute Gasteiger partial charge is 0.381 e. The van der Waals surface area contributed by atoms with E-state index in [0.29, 0.717) is 17.8 Å². The summed E-state index contributed by atoms with van der Waals surface area (Å²) in [5.74, 6) is 1.59. The summed E-state index contributed by atoms with van der Waals surface area (Å²) in [6, 6.07) is 2.16. The average molecular weight is 219 g/mol. The molecule has 0 radical (unpaired) electrons. The molecule has 86 valence electrons. The molecule has 16 heavy (non-hydrogen) atoms. The van der Waals surface area contributed by atoms with E-state index in [1.54, 1.807) is 0 Å². The Hall–Kier alpha value is -1.16. The lowest BCUT2D eigenvalue weighted by Crippen LogP contribution is -2.16. The van der Waals surface area contributed by atoms with E-state index in [1.807, 2.05) is 0 Å². The first-order chi connectivity index (χ1) is 7.83. The molecule has 2 fully saturated rings. The Morgan fingerprint density at radius 2 is 1.56 bits per heavy atom. The summed E-state index contributed by atoms with van der Waals surface area (Å²) in [5.41, 5.74) is 8.05. The fraction of sp³-hybridized carbons (Fsp3) is 0.667. The molecule has 3 rings (SSSR count). The number of anilines is 1. The van der Waals surface area contributed by atoms with Crippen LogP contribution in [0.3, 0.4) is 0 Å². The molecule has 0 spiro atoms. The van der Waals surface area contributed by atoms with Crippen LogP contribution >= 0.6 is 0 Å². The maximum absolute atomic E-state index is 5.78. The van der Waals surface area contributed by atoms with Crippen molar-refractivity contribution in [2.45, 2.75) is 37.5 Å². The highest BCUT2D eigenvalue weighted by atomic mass is 16.5. The maximum atomic E-state index is 5.78. The zero-order valence-corrected chi connectivity index (χ0v) is 9.35. The van der Waals surface area contributed by atoms with Gasteiger partial charge in [0.05, 0.1) is 0 Å². The van der Waals surface area contributed by atoms with Gasteiger partial charge >= 0.3 is 0 Å². The lowest BCUT2D eigenvalue weighted by molar-refractivity contribution is 0.0845. The number of aromatic nitrogens is 2. The van der Waals surface area contributed by atoms with Gasteiger partial charge in [0.25, 0.3) is 0 Å². The molecule has 0 bridgehead atoms. The van der Waals surface area contributed by atoms with Crippen LogP contribution in [0.15, 0.2) is 6.07 Å². The molecule has 4 nitrogen and oxygen atoms in total. The van der Waals surface area contributed by atoms with E-state index in [1.165, 1.54) is 12.8 Å². The van der Waals surface area contributed by atoms with Crippen LogP contribution in [0.1, 0.15) is 48.9 Å². The number of rotatable bonds is 2. The van der Waals surface area contributed by atoms with Crippen molar-refractivity contribution in [1.82, 2.24) is 9.97 Å². The summed E-state index contributed by atoms with van der Waals surface area (Å²) in [6.07, 6.45) is 4.62. The molecule has 2 heterocycles. The number of hydrogen-bond donors (Lipinski definition) is 1. The monoisotopic (exact) mass is 219 g/mol. The van der Waals surface area contributed by atoms with Gasteiger partial charge in [-0.25, -0.2) is 9.97 Å². The number of ether oxygens (including phenoxy) is 1. The van der Waals surface area contributed by atoms with Crippen LogP contribution in [-0.4, -0.2) is 23.2 Å². The van der Waals surface area contributed by atoms with Crippen LogP contribution in [0.25, 0.3) is 0 Å². The molecule has 0 aromatic carbocycles. The molecule has 1 saturated carbocycles. The molecule has 4 heteroatoms. The van der Waals surface area contributed by atoms with E-state index in [-0.39, 0.29) is 0 Å². The second-order valence-corrected chi connectivity index (χ2v) is 4.74. The number of nitrogen functional groups attached to an aromatic ring is 1. The SMILES string of the molecule is Nc1nc(C2CCOCC2)cc(C2CC2)n1. The lowest BCUT2D eigenvalue weighted by Gasteiger charge is -2.21. The normalized spacial score (nSPS) is 22.2. The van der Waals surface area contributed by atoms with Gasteiger partial charge < -0.3 is 10.5 Å². The van der Waals surface area contributed by atoms with Crippen molar-refractivity contribution in [3.63, 3.8) is 0 Å². The highest BCUT2D eigenvalue weighted by Gasteiger charge is 2.27. The molecule has 1 aliphatic heterocycles. The fourth-order valence-electron chi connectivity index (χ4n) is 2.30. The van der Waals surface area contributed by atoms with Crippen LogP contribution in [0.4, 0.5) is 5.95 Å². The van der Waals surface area contributed by atoms with E-state index >= 15 is 0 Å². The molecular formula is C12H17N3O. The Morgan fingerprint density at radius 1 is 1.00 bits per heavy atom. The van der Waals surface area contributed by atoms with Gasteiger partial charge in [-0.1, -0.05) is 0 Å². The standard InChI is InChI=1S/C12H17N3O/c13-12-14-10(8-1-2-8)7-11(15-12)9-3-5-16-6-4-9/h7-9H,1-6H2,(H2,13,14,15). The summed E-state index contributed by atoms with van der Waals surface area (Å²) in [5, 5.41) is 0. The number of nitrogens with two attached hydrogens (primary N) is 1. The molecule has 2 N–H and O–H groups in total.